The Labute approximate surface area is 203 Å². The maximum absolute atomic E-state index is 12.9. The summed E-state index contributed by atoms with van der Waals surface area (Å²) in [5.74, 6) is -2.02. The number of nitrogens with one attached hydrogen (secondary N) is 1. The Hall–Kier alpha value is -2.71. The molecule has 1 amide bonds. The van der Waals surface area contributed by atoms with Gasteiger partial charge >= 0.3 is 11.7 Å². The molecular formula is C19H20Cl2N4O8S. The molecule has 0 spiro atoms. The van der Waals surface area contributed by atoms with Crippen LogP contribution in [0.15, 0.2) is 32.7 Å². The predicted molar refractivity (Wildman–Crippen MR) is 122 cm³/mol. The Morgan fingerprint density at radius 2 is 1.71 bits per heavy atom. The van der Waals surface area contributed by atoms with E-state index in [9.17, 15) is 27.6 Å². The summed E-state index contributed by atoms with van der Waals surface area (Å²) in [4.78, 5) is 48.1. The van der Waals surface area contributed by atoms with Crippen LogP contribution in [-0.2, 0) is 38.4 Å². The third-order valence-electron chi connectivity index (χ3n) is 4.96. The third kappa shape index (κ3) is 5.33. The zero-order valence-electron chi connectivity index (χ0n) is 18.0. The molecule has 0 bridgehead atoms. The van der Waals surface area contributed by atoms with Gasteiger partial charge in [0.25, 0.3) is 11.5 Å². The van der Waals surface area contributed by atoms with E-state index < -0.39 is 39.8 Å². The second-order valence-corrected chi connectivity index (χ2v) is 9.89. The van der Waals surface area contributed by atoms with Gasteiger partial charge in [-0.15, -0.1) is 0 Å². The SMILES string of the molecule is Cn1c(NC(=O)COC(=O)c2cc(S(=O)(=O)N3CCOCC3)c(Cl)cc2Cl)cc(=O)n(C)c1=O. The molecule has 1 fully saturated rings. The molecular weight excluding hydrogens is 515 g/mol. The van der Waals surface area contributed by atoms with E-state index in [0.29, 0.717) is 0 Å². The molecule has 15 heteroatoms. The van der Waals surface area contributed by atoms with Crippen LogP contribution in [0.1, 0.15) is 10.4 Å². The second kappa shape index (κ2) is 10.3. The minimum atomic E-state index is -4.04. The highest BCUT2D eigenvalue weighted by Crippen LogP contribution is 2.31. The molecule has 12 nitrogen and oxygen atoms in total. The van der Waals surface area contributed by atoms with Crippen LogP contribution < -0.4 is 16.6 Å². The fourth-order valence-electron chi connectivity index (χ4n) is 3.05. The first kappa shape index (κ1) is 25.9. The Kier molecular flexibility index (Phi) is 7.83. The summed E-state index contributed by atoms with van der Waals surface area (Å²) in [7, 11) is -1.42. The lowest BCUT2D eigenvalue weighted by atomic mass is 10.2. The molecule has 1 N–H and O–H groups in total. The molecule has 1 aromatic heterocycles. The fraction of sp³-hybridized carbons (Fsp3) is 0.368. The average molecular weight is 535 g/mol. The van der Waals surface area contributed by atoms with E-state index in [1.807, 2.05) is 0 Å². The lowest BCUT2D eigenvalue weighted by Crippen LogP contribution is -2.40. The number of halogens is 2. The van der Waals surface area contributed by atoms with Gasteiger partial charge < -0.3 is 14.8 Å². The summed E-state index contributed by atoms with van der Waals surface area (Å²) in [5.41, 5.74) is -1.62. The van der Waals surface area contributed by atoms with Crippen LogP contribution >= 0.6 is 23.2 Å². The number of aromatic nitrogens is 2. The molecule has 1 saturated heterocycles. The second-order valence-electron chi connectivity index (χ2n) is 7.17. The summed E-state index contributed by atoms with van der Waals surface area (Å²) in [5, 5.41) is 1.93. The van der Waals surface area contributed by atoms with Crippen molar-refractivity contribution >= 4 is 50.9 Å². The zero-order valence-corrected chi connectivity index (χ0v) is 20.4. The van der Waals surface area contributed by atoms with Crippen molar-refractivity contribution in [3.8, 4) is 0 Å². The van der Waals surface area contributed by atoms with Crippen molar-refractivity contribution < 1.29 is 27.5 Å². The molecule has 0 saturated carbocycles. The Morgan fingerprint density at radius 1 is 1.06 bits per heavy atom. The number of benzene rings is 1. The van der Waals surface area contributed by atoms with Crippen LogP contribution in [-0.4, -0.2) is 66.6 Å². The molecule has 1 aromatic carbocycles. The summed E-state index contributed by atoms with van der Waals surface area (Å²) in [6, 6.07) is 3.11. The number of hydrogen-bond acceptors (Lipinski definition) is 8. The van der Waals surface area contributed by atoms with Crippen molar-refractivity contribution in [3.05, 3.63) is 54.6 Å². The van der Waals surface area contributed by atoms with Gasteiger partial charge in [0.1, 0.15) is 10.7 Å². The maximum atomic E-state index is 12.9. The number of carbonyl (C=O) groups is 2. The van der Waals surface area contributed by atoms with E-state index >= 15 is 0 Å². The van der Waals surface area contributed by atoms with Gasteiger partial charge in [-0.1, -0.05) is 23.2 Å². The molecule has 0 radical (unpaired) electrons. The lowest BCUT2D eigenvalue weighted by molar-refractivity contribution is -0.119. The monoisotopic (exact) mass is 534 g/mol. The van der Waals surface area contributed by atoms with Crippen LogP contribution in [0.2, 0.25) is 10.0 Å². The summed E-state index contributed by atoms with van der Waals surface area (Å²) >= 11 is 12.1. The van der Waals surface area contributed by atoms with Crippen molar-refractivity contribution in [3.63, 3.8) is 0 Å². The Morgan fingerprint density at radius 3 is 2.35 bits per heavy atom. The van der Waals surface area contributed by atoms with Crippen molar-refractivity contribution in [2.75, 3.05) is 38.2 Å². The fourth-order valence-corrected chi connectivity index (χ4v) is 5.28. The van der Waals surface area contributed by atoms with Crippen molar-refractivity contribution in [1.29, 1.82) is 0 Å². The van der Waals surface area contributed by atoms with Crippen LogP contribution in [0.3, 0.4) is 0 Å². The number of rotatable bonds is 6. The number of anilines is 1. The summed E-state index contributed by atoms with van der Waals surface area (Å²) in [6.07, 6.45) is 0. The molecule has 2 heterocycles. The topological polar surface area (TPSA) is 146 Å². The number of amides is 1. The van der Waals surface area contributed by atoms with Crippen LogP contribution in [0, 0.1) is 0 Å². The number of sulfonamides is 1. The molecule has 0 atom stereocenters. The first-order valence-corrected chi connectivity index (χ1v) is 11.9. The van der Waals surface area contributed by atoms with Crippen LogP contribution in [0.25, 0.3) is 0 Å². The minimum absolute atomic E-state index is 0.0995. The first-order chi connectivity index (χ1) is 15.9. The number of esters is 1. The van der Waals surface area contributed by atoms with Gasteiger partial charge in [0, 0.05) is 33.3 Å². The smallest absolute Gasteiger partial charge is 0.340 e. The van der Waals surface area contributed by atoms with Crippen molar-refractivity contribution in [2.24, 2.45) is 14.1 Å². The quantitative estimate of drug-likeness (QED) is 0.517. The van der Waals surface area contributed by atoms with Crippen molar-refractivity contribution in [2.45, 2.75) is 4.90 Å². The summed E-state index contributed by atoms with van der Waals surface area (Å²) < 4.78 is 39.0. The van der Waals surface area contributed by atoms with Gasteiger partial charge in [0.2, 0.25) is 10.0 Å². The number of carbonyl (C=O) groups excluding carboxylic acids is 2. The largest absolute Gasteiger partial charge is 0.452 e. The molecule has 184 valence electrons. The molecule has 1 aliphatic rings. The van der Waals surface area contributed by atoms with Gasteiger partial charge in [-0.2, -0.15) is 4.31 Å². The predicted octanol–water partition coefficient (Wildman–Crippen LogP) is 0.207. The van der Waals surface area contributed by atoms with E-state index in [-0.39, 0.29) is 52.6 Å². The third-order valence-corrected chi connectivity index (χ3v) is 7.63. The highest BCUT2D eigenvalue weighted by Gasteiger charge is 2.30. The number of hydrogen-bond donors (Lipinski definition) is 1. The number of nitrogens with zero attached hydrogens (tertiary/aromatic N) is 3. The van der Waals surface area contributed by atoms with Gasteiger partial charge in [-0.05, 0) is 12.1 Å². The number of morpholine rings is 1. The van der Waals surface area contributed by atoms with Gasteiger partial charge in [0.05, 0.1) is 28.8 Å². The van der Waals surface area contributed by atoms with Crippen LogP contribution in [0.5, 0.6) is 0 Å². The normalized spacial score (nSPS) is 14.6. The van der Waals surface area contributed by atoms with E-state index in [4.69, 9.17) is 32.7 Å². The lowest BCUT2D eigenvalue weighted by Gasteiger charge is -2.26. The Balaban J connectivity index is 1.76. The highest BCUT2D eigenvalue weighted by atomic mass is 35.5. The van der Waals surface area contributed by atoms with E-state index in [1.165, 1.54) is 18.4 Å². The molecule has 3 rings (SSSR count). The number of ether oxygens (including phenoxy) is 2. The molecule has 2 aromatic rings. The van der Waals surface area contributed by atoms with Crippen molar-refractivity contribution in [1.82, 2.24) is 13.4 Å². The summed E-state index contributed by atoms with van der Waals surface area (Å²) in [6.45, 7) is -0.132. The Bertz CT molecular complexity index is 1360. The molecule has 34 heavy (non-hydrogen) atoms. The zero-order chi connectivity index (χ0) is 25.2. The first-order valence-electron chi connectivity index (χ1n) is 9.74. The maximum Gasteiger partial charge on any atom is 0.340 e. The molecule has 1 aliphatic heterocycles. The van der Waals surface area contributed by atoms with Crippen LogP contribution in [0.4, 0.5) is 5.82 Å². The highest BCUT2D eigenvalue weighted by molar-refractivity contribution is 7.89. The van der Waals surface area contributed by atoms with E-state index in [2.05, 4.69) is 5.32 Å². The molecule has 0 aliphatic carbocycles. The average Bonchev–Trinajstić information content (AvgIpc) is 2.80. The molecule has 0 unspecified atom stereocenters. The minimum Gasteiger partial charge on any atom is -0.452 e. The van der Waals surface area contributed by atoms with Gasteiger partial charge in [-0.3, -0.25) is 18.7 Å². The van der Waals surface area contributed by atoms with Gasteiger partial charge in [0.15, 0.2) is 6.61 Å². The van der Waals surface area contributed by atoms with E-state index in [0.717, 1.165) is 27.3 Å². The van der Waals surface area contributed by atoms with E-state index in [1.54, 1.807) is 0 Å². The van der Waals surface area contributed by atoms with Gasteiger partial charge in [-0.25, -0.2) is 18.0 Å². The standard InChI is InChI=1S/C19H20Cl2N4O8S/c1-23-15(9-17(27)24(2)19(23)29)22-16(26)10-33-18(28)11-7-14(13(21)8-12(11)20)34(30,31)25-3-5-32-6-4-25/h7-9H,3-6,10H2,1-2H3,(H,22,26).